The number of thiazole rings is 1. The maximum atomic E-state index is 12.4. The molecule has 0 bridgehead atoms. The molecule has 0 unspecified atom stereocenters. The predicted molar refractivity (Wildman–Crippen MR) is 89.3 cm³/mol. The molecule has 1 saturated heterocycles. The van der Waals surface area contributed by atoms with Crippen LogP contribution in [0.1, 0.15) is 24.5 Å². The summed E-state index contributed by atoms with van der Waals surface area (Å²) in [4.78, 5) is 14.0. The molecule has 0 aromatic carbocycles. The quantitative estimate of drug-likeness (QED) is 0.834. The summed E-state index contributed by atoms with van der Waals surface area (Å²) in [6.07, 6.45) is 6.82. The Morgan fingerprint density at radius 3 is 2.78 bits per heavy atom. The van der Waals surface area contributed by atoms with E-state index in [0.29, 0.717) is 13.1 Å². The number of piperidine rings is 1. The zero-order valence-electron chi connectivity index (χ0n) is 13.1. The molecule has 7 nitrogen and oxygen atoms in total. The third-order valence-electron chi connectivity index (χ3n) is 3.95. The standard InChI is InChI=1S/C14H19N5O2S2/c1-18(2)23(20,21)19-7-3-4-11(9-19)13-14(17-6-5-16-13)12-8-15-10-22-12/h5-6,8,10-11H,3-4,7,9H2,1-2H3/t11-/m0/s1. The minimum absolute atomic E-state index is 0.0456. The first-order chi connectivity index (χ1) is 11.0. The molecule has 124 valence electrons. The summed E-state index contributed by atoms with van der Waals surface area (Å²) in [6, 6.07) is 0. The number of hydrogen-bond acceptors (Lipinski definition) is 6. The lowest BCUT2D eigenvalue weighted by Gasteiger charge is -2.33. The largest absolute Gasteiger partial charge is 0.281 e. The topological polar surface area (TPSA) is 79.3 Å². The molecular weight excluding hydrogens is 334 g/mol. The van der Waals surface area contributed by atoms with Gasteiger partial charge in [-0.05, 0) is 12.8 Å². The van der Waals surface area contributed by atoms with E-state index in [-0.39, 0.29) is 5.92 Å². The van der Waals surface area contributed by atoms with Crippen LogP contribution >= 0.6 is 11.3 Å². The Kier molecular flexibility index (Phi) is 4.72. The summed E-state index contributed by atoms with van der Waals surface area (Å²) in [6.45, 7) is 0.984. The second-order valence-electron chi connectivity index (χ2n) is 5.64. The van der Waals surface area contributed by atoms with Gasteiger partial charge in [-0.1, -0.05) is 0 Å². The highest BCUT2D eigenvalue weighted by Gasteiger charge is 2.33. The smallest absolute Gasteiger partial charge is 0.257 e. The van der Waals surface area contributed by atoms with Gasteiger partial charge in [-0.25, -0.2) is 0 Å². The zero-order chi connectivity index (χ0) is 16.4. The van der Waals surface area contributed by atoms with Crippen LogP contribution in [-0.4, -0.2) is 59.2 Å². The molecule has 1 aliphatic heterocycles. The van der Waals surface area contributed by atoms with Crippen molar-refractivity contribution in [2.45, 2.75) is 18.8 Å². The third kappa shape index (κ3) is 3.27. The fourth-order valence-corrected chi connectivity index (χ4v) is 4.59. The van der Waals surface area contributed by atoms with Crippen LogP contribution in [0, 0.1) is 0 Å². The van der Waals surface area contributed by atoms with Crippen molar-refractivity contribution < 1.29 is 8.42 Å². The Morgan fingerprint density at radius 2 is 2.09 bits per heavy atom. The van der Waals surface area contributed by atoms with Gasteiger partial charge in [0.05, 0.1) is 16.1 Å². The molecule has 1 aliphatic rings. The lowest BCUT2D eigenvalue weighted by atomic mass is 9.94. The molecule has 0 spiro atoms. The Morgan fingerprint density at radius 1 is 1.30 bits per heavy atom. The van der Waals surface area contributed by atoms with E-state index in [4.69, 9.17) is 0 Å². The molecular formula is C14H19N5O2S2. The van der Waals surface area contributed by atoms with Gasteiger partial charge in [0, 0.05) is 51.7 Å². The molecule has 3 rings (SSSR count). The minimum atomic E-state index is -3.40. The highest BCUT2D eigenvalue weighted by atomic mass is 32.2. The zero-order valence-corrected chi connectivity index (χ0v) is 14.7. The second-order valence-corrected chi connectivity index (χ2v) is 8.67. The van der Waals surface area contributed by atoms with E-state index in [1.807, 2.05) is 0 Å². The Bertz CT molecular complexity index is 761. The molecule has 0 N–H and O–H groups in total. The predicted octanol–water partition coefficient (Wildman–Crippen LogP) is 1.59. The molecule has 2 aromatic rings. The van der Waals surface area contributed by atoms with Gasteiger partial charge in [-0.15, -0.1) is 11.3 Å². The first-order valence-electron chi connectivity index (χ1n) is 7.37. The van der Waals surface area contributed by atoms with Crippen LogP contribution in [0.25, 0.3) is 10.6 Å². The van der Waals surface area contributed by atoms with Crippen molar-refractivity contribution in [1.29, 1.82) is 0 Å². The summed E-state index contributed by atoms with van der Waals surface area (Å²) in [5, 5.41) is 0. The fourth-order valence-electron chi connectivity index (χ4n) is 2.78. The number of nitrogens with zero attached hydrogens (tertiary/aromatic N) is 5. The number of aromatic nitrogens is 3. The van der Waals surface area contributed by atoms with Crippen molar-refractivity contribution in [2.24, 2.45) is 0 Å². The van der Waals surface area contributed by atoms with E-state index >= 15 is 0 Å². The number of rotatable bonds is 4. The van der Waals surface area contributed by atoms with Gasteiger partial charge >= 0.3 is 0 Å². The van der Waals surface area contributed by atoms with Gasteiger partial charge in [-0.3, -0.25) is 15.0 Å². The lowest BCUT2D eigenvalue weighted by molar-refractivity contribution is 0.296. The molecule has 1 fully saturated rings. The molecule has 1 atom stereocenters. The Labute approximate surface area is 140 Å². The van der Waals surface area contributed by atoms with E-state index in [1.165, 1.54) is 19.9 Å². The van der Waals surface area contributed by atoms with E-state index < -0.39 is 10.2 Å². The first-order valence-corrected chi connectivity index (χ1v) is 9.65. The SMILES string of the molecule is CN(C)S(=O)(=O)N1CCC[C@H](c2nccnc2-c2cncs2)C1. The average molecular weight is 353 g/mol. The van der Waals surface area contributed by atoms with Crippen molar-refractivity contribution >= 4 is 21.5 Å². The van der Waals surface area contributed by atoms with Gasteiger partial charge in [0.15, 0.2) is 0 Å². The molecule has 0 saturated carbocycles. The van der Waals surface area contributed by atoms with Crippen molar-refractivity contribution in [3.05, 3.63) is 29.8 Å². The maximum absolute atomic E-state index is 12.4. The van der Waals surface area contributed by atoms with E-state index in [9.17, 15) is 8.42 Å². The molecule has 3 heterocycles. The van der Waals surface area contributed by atoms with Gasteiger partial charge in [0.25, 0.3) is 10.2 Å². The first kappa shape index (κ1) is 16.4. The van der Waals surface area contributed by atoms with Crippen LogP contribution in [0.5, 0.6) is 0 Å². The third-order valence-corrected chi connectivity index (χ3v) is 6.64. The van der Waals surface area contributed by atoms with Crippen molar-refractivity contribution in [1.82, 2.24) is 23.6 Å². The van der Waals surface area contributed by atoms with Gasteiger partial charge in [0.1, 0.15) is 5.69 Å². The van der Waals surface area contributed by atoms with E-state index in [2.05, 4.69) is 15.0 Å². The molecule has 9 heteroatoms. The lowest BCUT2D eigenvalue weighted by Crippen LogP contribution is -2.45. The molecule has 0 radical (unpaired) electrons. The van der Waals surface area contributed by atoms with Crippen LogP contribution in [0.15, 0.2) is 24.1 Å². The monoisotopic (exact) mass is 353 g/mol. The van der Waals surface area contributed by atoms with Gasteiger partial charge in [0.2, 0.25) is 0 Å². The van der Waals surface area contributed by atoms with Crippen molar-refractivity contribution in [3.63, 3.8) is 0 Å². The molecule has 0 aliphatic carbocycles. The summed E-state index contributed by atoms with van der Waals surface area (Å²) < 4.78 is 27.6. The molecule has 0 amide bonds. The normalized spacial score (nSPS) is 20.0. The van der Waals surface area contributed by atoms with Crippen LogP contribution < -0.4 is 0 Å². The fraction of sp³-hybridized carbons (Fsp3) is 0.500. The maximum Gasteiger partial charge on any atom is 0.281 e. The van der Waals surface area contributed by atoms with E-state index in [0.717, 1.165) is 29.1 Å². The average Bonchev–Trinajstić information content (AvgIpc) is 3.09. The summed E-state index contributed by atoms with van der Waals surface area (Å²) in [7, 11) is -0.280. The van der Waals surface area contributed by atoms with Crippen LogP contribution in [0.2, 0.25) is 0 Å². The highest BCUT2D eigenvalue weighted by Crippen LogP contribution is 2.33. The summed E-state index contributed by atoms with van der Waals surface area (Å²) >= 11 is 1.51. The summed E-state index contributed by atoms with van der Waals surface area (Å²) in [5.74, 6) is 0.0456. The van der Waals surface area contributed by atoms with Crippen LogP contribution in [0.4, 0.5) is 0 Å². The summed E-state index contributed by atoms with van der Waals surface area (Å²) in [5.41, 5.74) is 3.43. The second kappa shape index (κ2) is 6.60. The Balaban J connectivity index is 1.91. The van der Waals surface area contributed by atoms with Crippen molar-refractivity contribution in [2.75, 3.05) is 27.2 Å². The van der Waals surface area contributed by atoms with Crippen LogP contribution in [0.3, 0.4) is 0 Å². The van der Waals surface area contributed by atoms with Gasteiger partial charge < -0.3 is 0 Å². The van der Waals surface area contributed by atoms with Crippen LogP contribution in [-0.2, 0) is 10.2 Å². The van der Waals surface area contributed by atoms with E-state index in [1.54, 1.807) is 38.2 Å². The minimum Gasteiger partial charge on any atom is -0.257 e. The molecule has 23 heavy (non-hydrogen) atoms. The molecule has 2 aromatic heterocycles. The van der Waals surface area contributed by atoms with Gasteiger partial charge in [-0.2, -0.15) is 17.0 Å². The highest BCUT2D eigenvalue weighted by molar-refractivity contribution is 7.86. The number of hydrogen-bond donors (Lipinski definition) is 0. The Hall–Kier alpha value is -1.42. The van der Waals surface area contributed by atoms with Crippen molar-refractivity contribution in [3.8, 4) is 10.6 Å².